The van der Waals surface area contributed by atoms with Gasteiger partial charge in [-0.2, -0.15) is 0 Å². The van der Waals surface area contributed by atoms with Crippen LogP contribution >= 0.6 is 0 Å². The number of hydrogen-bond acceptors (Lipinski definition) is 4. The first-order valence-corrected chi connectivity index (χ1v) is 9.22. The van der Waals surface area contributed by atoms with Crippen molar-refractivity contribution in [2.24, 2.45) is 0 Å². The van der Waals surface area contributed by atoms with E-state index in [4.69, 9.17) is 9.47 Å². The van der Waals surface area contributed by atoms with E-state index < -0.39 is 0 Å². The van der Waals surface area contributed by atoms with Gasteiger partial charge in [0.1, 0.15) is 5.82 Å². The Kier molecular flexibility index (Phi) is 6.79. The molecular weight excluding hydrogens is 371 g/mol. The molecule has 0 fully saturated rings. The fourth-order valence-electron chi connectivity index (χ4n) is 3.01. The number of carbonyl (C=O) groups excluding carboxylic acids is 1. The smallest absolute Gasteiger partial charge is 0.227 e. The van der Waals surface area contributed by atoms with Gasteiger partial charge < -0.3 is 14.4 Å². The van der Waals surface area contributed by atoms with Gasteiger partial charge in [0.05, 0.1) is 32.9 Å². The molecule has 3 rings (SSSR count). The maximum absolute atomic E-state index is 13.2. The summed E-state index contributed by atoms with van der Waals surface area (Å²) in [6.07, 6.45) is 1.88. The average Bonchev–Trinajstić information content (AvgIpc) is 2.75. The van der Waals surface area contributed by atoms with E-state index in [0.29, 0.717) is 24.6 Å². The van der Waals surface area contributed by atoms with E-state index in [-0.39, 0.29) is 18.1 Å². The average molecular weight is 394 g/mol. The number of benzene rings is 2. The number of methoxy groups -OCH3 is 2. The van der Waals surface area contributed by atoms with Crippen LogP contribution in [0.25, 0.3) is 0 Å². The van der Waals surface area contributed by atoms with Gasteiger partial charge >= 0.3 is 0 Å². The summed E-state index contributed by atoms with van der Waals surface area (Å²) in [6.45, 7) is 0.756. The normalized spacial score (nSPS) is 10.4. The van der Waals surface area contributed by atoms with Crippen LogP contribution in [0.5, 0.6) is 11.5 Å². The van der Waals surface area contributed by atoms with E-state index in [0.717, 1.165) is 16.8 Å². The summed E-state index contributed by atoms with van der Waals surface area (Å²) in [7, 11) is 3.16. The lowest BCUT2D eigenvalue weighted by atomic mass is 10.1. The maximum Gasteiger partial charge on any atom is 0.227 e. The first-order valence-electron chi connectivity index (χ1n) is 9.22. The van der Waals surface area contributed by atoms with Crippen molar-refractivity contribution in [3.05, 3.63) is 89.5 Å². The molecule has 0 saturated heterocycles. The molecule has 1 heterocycles. The Morgan fingerprint density at radius 2 is 1.66 bits per heavy atom. The third-order valence-corrected chi connectivity index (χ3v) is 4.52. The molecule has 1 aromatic heterocycles. The van der Waals surface area contributed by atoms with Crippen molar-refractivity contribution in [2.75, 3.05) is 14.2 Å². The fourth-order valence-corrected chi connectivity index (χ4v) is 3.01. The summed E-state index contributed by atoms with van der Waals surface area (Å²) in [6, 6.07) is 17.2. The second-order valence-corrected chi connectivity index (χ2v) is 6.56. The van der Waals surface area contributed by atoms with Crippen molar-refractivity contribution in [1.82, 2.24) is 9.88 Å². The molecule has 0 aliphatic carbocycles. The van der Waals surface area contributed by atoms with E-state index in [9.17, 15) is 9.18 Å². The summed E-state index contributed by atoms with van der Waals surface area (Å²) < 4.78 is 23.8. The fraction of sp³-hybridized carbons (Fsp3) is 0.217. The third kappa shape index (κ3) is 5.54. The number of rotatable bonds is 8. The van der Waals surface area contributed by atoms with Crippen LogP contribution in [0.4, 0.5) is 4.39 Å². The minimum Gasteiger partial charge on any atom is -0.493 e. The first-order chi connectivity index (χ1) is 14.1. The number of aromatic nitrogens is 1. The summed E-state index contributed by atoms with van der Waals surface area (Å²) >= 11 is 0. The Labute approximate surface area is 169 Å². The Hall–Kier alpha value is -3.41. The van der Waals surface area contributed by atoms with E-state index in [1.807, 2.05) is 36.4 Å². The summed E-state index contributed by atoms with van der Waals surface area (Å²) in [5.41, 5.74) is 2.46. The lowest BCUT2D eigenvalue weighted by Crippen LogP contribution is -2.31. The SMILES string of the molecule is COc1ccc(CN(Cc2ccccn2)C(=O)Cc2ccc(F)cc2)cc1OC. The first kappa shape index (κ1) is 20.3. The van der Waals surface area contributed by atoms with Crippen molar-refractivity contribution >= 4 is 5.91 Å². The molecule has 3 aromatic rings. The van der Waals surface area contributed by atoms with Crippen LogP contribution in [0.2, 0.25) is 0 Å². The zero-order valence-corrected chi connectivity index (χ0v) is 16.5. The van der Waals surface area contributed by atoms with Gasteiger partial charge in [-0.3, -0.25) is 9.78 Å². The molecule has 0 saturated carbocycles. The van der Waals surface area contributed by atoms with Crippen LogP contribution in [0.3, 0.4) is 0 Å². The molecule has 0 spiro atoms. The molecule has 5 nitrogen and oxygen atoms in total. The summed E-state index contributed by atoms with van der Waals surface area (Å²) in [4.78, 5) is 19.1. The van der Waals surface area contributed by atoms with Gasteiger partial charge in [-0.1, -0.05) is 24.3 Å². The van der Waals surface area contributed by atoms with Crippen LogP contribution < -0.4 is 9.47 Å². The van der Waals surface area contributed by atoms with Gasteiger partial charge in [0.2, 0.25) is 5.91 Å². The Bertz CT molecular complexity index is 946. The molecule has 0 aliphatic heterocycles. The predicted molar refractivity (Wildman–Crippen MR) is 108 cm³/mol. The van der Waals surface area contributed by atoms with Gasteiger partial charge in [-0.15, -0.1) is 0 Å². The molecule has 150 valence electrons. The van der Waals surface area contributed by atoms with Crippen molar-refractivity contribution in [2.45, 2.75) is 19.5 Å². The number of hydrogen-bond donors (Lipinski definition) is 0. The number of pyridine rings is 1. The predicted octanol–water partition coefficient (Wildman–Crippen LogP) is 4.01. The topological polar surface area (TPSA) is 51.7 Å². The minimum absolute atomic E-state index is 0.0722. The lowest BCUT2D eigenvalue weighted by molar-refractivity contribution is -0.131. The quantitative estimate of drug-likeness (QED) is 0.579. The molecule has 0 N–H and O–H groups in total. The zero-order valence-electron chi connectivity index (χ0n) is 16.5. The molecule has 0 unspecified atom stereocenters. The van der Waals surface area contributed by atoms with Crippen molar-refractivity contribution in [1.29, 1.82) is 0 Å². The van der Waals surface area contributed by atoms with Gasteiger partial charge in [0, 0.05) is 12.7 Å². The number of nitrogens with zero attached hydrogens (tertiary/aromatic N) is 2. The highest BCUT2D eigenvalue weighted by Crippen LogP contribution is 2.28. The van der Waals surface area contributed by atoms with Gasteiger partial charge in [0.15, 0.2) is 11.5 Å². The molecule has 0 aliphatic rings. The van der Waals surface area contributed by atoms with Gasteiger partial charge in [-0.05, 0) is 47.5 Å². The van der Waals surface area contributed by atoms with Crippen LogP contribution in [-0.4, -0.2) is 30.0 Å². The zero-order chi connectivity index (χ0) is 20.6. The third-order valence-electron chi connectivity index (χ3n) is 4.52. The van der Waals surface area contributed by atoms with Crippen molar-refractivity contribution in [3.63, 3.8) is 0 Å². The maximum atomic E-state index is 13.2. The van der Waals surface area contributed by atoms with Crippen molar-refractivity contribution < 1.29 is 18.7 Å². The Balaban J connectivity index is 1.82. The summed E-state index contributed by atoms with van der Waals surface area (Å²) in [5.74, 6) is 0.841. The molecule has 2 aromatic carbocycles. The second kappa shape index (κ2) is 9.68. The van der Waals surface area contributed by atoms with Crippen LogP contribution in [-0.2, 0) is 24.3 Å². The molecule has 0 radical (unpaired) electrons. The van der Waals surface area contributed by atoms with E-state index in [2.05, 4.69) is 4.98 Å². The molecule has 0 bridgehead atoms. The monoisotopic (exact) mass is 394 g/mol. The number of amides is 1. The van der Waals surface area contributed by atoms with Crippen LogP contribution in [0, 0.1) is 5.82 Å². The highest BCUT2D eigenvalue weighted by Gasteiger charge is 2.17. The highest BCUT2D eigenvalue weighted by atomic mass is 19.1. The van der Waals surface area contributed by atoms with Gasteiger partial charge in [-0.25, -0.2) is 4.39 Å². The Morgan fingerprint density at radius 1 is 0.931 bits per heavy atom. The Morgan fingerprint density at radius 3 is 2.31 bits per heavy atom. The number of carbonyl (C=O) groups is 1. The molecular formula is C23H23FN2O3. The molecule has 29 heavy (non-hydrogen) atoms. The summed E-state index contributed by atoms with van der Waals surface area (Å²) in [5, 5.41) is 0. The number of ether oxygens (including phenoxy) is 2. The highest BCUT2D eigenvalue weighted by molar-refractivity contribution is 5.78. The van der Waals surface area contributed by atoms with Crippen LogP contribution in [0.15, 0.2) is 66.9 Å². The van der Waals surface area contributed by atoms with Crippen LogP contribution in [0.1, 0.15) is 16.8 Å². The number of halogens is 1. The molecule has 1 amide bonds. The lowest BCUT2D eigenvalue weighted by Gasteiger charge is -2.23. The van der Waals surface area contributed by atoms with Gasteiger partial charge in [0.25, 0.3) is 0 Å². The van der Waals surface area contributed by atoms with E-state index in [1.54, 1.807) is 37.4 Å². The standard InChI is InChI=1S/C23H23FN2O3/c1-28-21-11-8-18(13-22(21)29-2)15-26(16-20-5-3-4-12-25-20)23(27)14-17-6-9-19(24)10-7-17/h3-13H,14-16H2,1-2H3. The minimum atomic E-state index is -0.322. The second-order valence-electron chi connectivity index (χ2n) is 6.56. The van der Waals surface area contributed by atoms with E-state index >= 15 is 0 Å². The molecule has 0 atom stereocenters. The van der Waals surface area contributed by atoms with Crippen molar-refractivity contribution in [3.8, 4) is 11.5 Å². The van der Waals surface area contributed by atoms with E-state index in [1.165, 1.54) is 12.1 Å². The molecule has 6 heteroatoms. The largest absolute Gasteiger partial charge is 0.493 e.